The Hall–Kier alpha value is -0.900. The standard InChI is InChI=1S/C10H18N4/c1-8(2)6-13-4-5-14-9(3)11-12-10(14)7-13/h8H,4-7H2,1-3H3. The van der Waals surface area contributed by atoms with Crippen molar-refractivity contribution in [3.05, 3.63) is 11.6 Å². The maximum absolute atomic E-state index is 4.19. The number of nitrogens with zero attached hydrogens (tertiary/aromatic N) is 4. The lowest BCUT2D eigenvalue weighted by Gasteiger charge is -2.28. The van der Waals surface area contributed by atoms with Crippen molar-refractivity contribution >= 4 is 0 Å². The summed E-state index contributed by atoms with van der Waals surface area (Å²) in [5, 5.41) is 8.28. The highest BCUT2D eigenvalue weighted by molar-refractivity contribution is 4.97. The second-order valence-electron chi connectivity index (χ2n) is 4.44. The van der Waals surface area contributed by atoms with Crippen molar-refractivity contribution in [3.8, 4) is 0 Å². The van der Waals surface area contributed by atoms with Crippen LogP contribution in [0.3, 0.4) is 0 Å². The van der Waals surface area contributed by atoms with Crippen molar-refractivity contribution in [2.45, 2.75) is 33.9 Å². The van der Waals surface area contributed by atoms with Crippen molar-refractivity contribution in [1.82, 2.24) is 19.7 Å². The monoisotopic (exact) mass is 194 g/mol. The highest BCUT2D eigenvalue weighted by Crippen LogP contribution is 2.12. The maximum Gasteiger partial charge on any atom is 0.147 e. The Balaban J connectivity index is 2.06. The molecule has 2 heterocycles. The van der Waals surface area contributed by atoms with Gasteiger partial charge < -0.3 is 4.57 Å². The molecule has 0 N–H and O–H groups in total. The van der Waals surface area contributed by atoms with Gasteiger partial charge >= 0.3 is 0 Å². The normalized spacial score (nSPS) is 17.4. The van der Waals surface area contributed by atoms with Crippen molar-refractivity contribution in [2.24, 2.45) is 5.92 Å². The molecule has 0 fully saturated rings. The Morgan fingerprint density at radius 3 is 2.79 bits per heavy atom. The molecule has 0 spiro atoms. The summed E-state index contributed by atoms with van der Waals surface area (Å²) in [5.74, 6) is 2.89. The fourth-order valence-electron chi connectivity index (χ4n) is 2.03. The van der Waals surface area contributed by atoms with Gasteiger partial charge in [-0.15, -0.1) is 10.2 Å². The summed E-state index contributed by atoms with van der Waals surface area (Å²) in [7, 11) is 0. The van der Waals surface area contributed by atoms with Gasteiger partial charge in [-0.3, -0.25) is 4.90 Å². The molecule has 0 aromatic carbocycles. The predicted molar refractivity (Wildman–Crippen MR) is 54.9 cm³/mol. The molecule has 4 nitrogen and oxygen atoms in total. The third-order valence-corrected chi connectivity index (χ3v) is 2.64. The number of aromatic nitrogens is 3. The summed E-state index contributed by atoms with van der Waals surface area (Å²) in [6.45, 7) is 10.8. The van der Waals surface area contributed by atoms with Crippen molar-refractivity contribution < 1.29 is 0 Å². The van der Waals surface area contributed by atoms with Gasteiger partial charge in [-0.1, -0.05) is 13.8 Å². The molecule has 0 saturated carbocycles. The van der Waals surface area contributed by atoms with E-state index < -0.39 is 0 Å². The third-order valence-electron chi connectivity index (χ3n) is 2.64. The second-order valence-corrected chi connectivity index (χ2v) is 4.44. The average Bonchev–Trinajstić information content (AvgIpc) is 2.46. The Morgan fingerprint density at radius 1 is 1.29 bits per heavy atom. The molecule has 0 atom stereocenters. The molecular weight excluding hydrogens is 176 g/mol. The van der Waals surface area contributed by atoms with E-state index in [1.807, 2.05) is 6.92 Å². The molecule has 0 saturated heterocycles. The zero-order chi connectivity index (χ0) is 10.1. The van der Waals surface area contributed by atoms with E-state index in [4.69, 9.17) is 0 Å². The number of rotatable bonds is 2. The molecule has 14 heavy (non-hydrogen) atoms. The van der Waals surface area contributed by atoms with E-state index in [0.717, 1.165) is 43.7 Å². The quantitative estimate of drug-likeness (QED) is 0.706. The van der Waals surface area contributed by atoms with E-state index in [0.29, 0.717) is 0 Å². The van der Waals surface area contributed by atoms with Gasteiger partial charge in [0.05, 0.1) is 6.54 Å². The molecule has 1 aliphatic heterocycles. The van der Waals surface area contributed by atoms with Gasteiger partial charge in [0.25, 0.3) is 0 Å². The lowest BCUT2D eigenvalue weighted by atomic mass is 10.2. The number of hydrogen-bond donors (Lipinski definition) is 0. The third kappa shape index (κ3) is 1.80. The van der Waals surface area contributed by atoms with Crippen LogP contribution in [0.25, 0.3) is 0 Å². The van der Waals surface area contributed by atoms with Crippen LogP contribution in [0.2, 0.25) is 0 Å². The van der Waals surface area contributed by atoms with E-state index in [9.17, 15) is 0 Å². The highest BCUT2D eigenvalue weighted by atomic mass is 15.3. The topological polar surface area (TPSA) is 34.0 Å². The van der Waals surface area contributed by atoms with Gasteiger partial charge in [0.2, 0.25) is 0 Å². The van der Waals surface area contributed by atoms with Crippen LogP contribution >= 0.6 is 0 Å². The van der Waals surface area contributed by atoms with Gasteiger partial charge in [0.1, 0.15) is 11.6 Å². The Morgan fingerprint density at radius 2 is 2.07 bits per heavy atom. The minimum absolute atomic E-state index is 0.727. The summed E-state index contributed by atoms with van der Waals surface area (Å²) < 4.78 is 2.22. The average molecular weight is 194 g/mol. The fourth-order valence-corrected chi connectivity index (χ4v) is 2.03. The molecule has 1 aliphatic rings. The lowest BCUT2D eigenvalue weighted by molar-refractivity contribution is 0.194. The number of aryl methyl sites for hydroxylation is 1. The molecule has 0 amide bonds. The summed E-state index contributed by atoms with van der Waals surface area (Å²) in [4.78, 5) is 2.45. The first-order valence-corrected chi connectivity index (χ1v) is 5.28. The van der Waals surface area contributed by atoms with Crippen molar-refractivity contribution in [3.63, 3.8) is 0 Å². The summed E-state index contributed by atoms with van der Waals surface area (Å²) in [6.07, 6.45) is 0. The van der Waals surface area contributed by atoms with Crippen LogP contribution in [0.5, 0.6) is 0 Å². The Kier molecular flexibility index (Phi) is 2.54. The molecular formula is C10H18N4. The van der Waals surface area contributed by atoms with E-state index in [1.54, 1.807) is 0 Å². The Bertz CT molecular complexity index is 316. The first kappa shape index (κ1) is 9.65. The largest absolute Gasteiger partial charge is 0.313 e. The zero-order valence-corrected chi connectivity index (χ0v) is 9.19. The first-order chi connectivity index (χ1) is 6.66. The summed E-state index contributed by atoms with van der Waals surface area (Å²) >= 11 is 0. The van der Waals surface area contributed by atoms with E-state index in [2.05, 4.69) is 33.5 Å². The van der Waals surface area contributed by atoms with Crippen molar-refractivity contribution in [1.29, 1.82) is 0 Å². The molecule has 1 aromatic heterocycles. The number of fused-ring (bicyclic) bond motifs is 1. The van der Waals surface area contributed by atoms with Gasteiger partial charge in [-0.2, -0.15) is 0 Å². The van der Waals surface area contributed by atoms with Crippen LogP contribution in [0, 0.1) is 12.8 Å². The smallest absolute Gasteiger partial charge is 0.147 e. The zero-order valence-electron chi connectivity index (χ0n) is 9.19. The van der Waals surface area contributed by atoms with Gasteiger partial charge in [0, 0.05) is 19.6 Å². The van der Waals surface area contributed by atoms with Gasteiger partial charge in [-0.05, 0) is 12.8 Å². The van der Waals surface area contributed by atoms with Gasteiger partial charge in [-0.25, -0.2) is 0 Å². The molecule has 0 radical (unpaired) electrons. The predicted octanol–water partition coefficient (Wildman–Crippen LogP) is 1.06. The van der Waals surface area contributed by atoms with Crippen LogP contribution in [-0.2, 0) is 13.1 Å². The SMILES string of the molecule is Cc1nnc2n1CCN(CC(C)C)C2. The molecule has 0 aliphatic carbocycles. The number of hydrogen-bond acceptors (Lipinski definition) is 3. The van der Waals surface area contributed by atoms with E-state index in [-0.39, 0.29) is 0 Å². The van der Waals surface area contributed by atoms with Crippen LogP contribution in [-0.4, -0.2) is 32.8 Å². The molecule has 0 unspecified atom stereocenters. The fraction of sp³-hybridized carbons (Fsp3) is 0.800. The van der Waals surface area contributed by atoms with E-state index in [1.165, 1.54) is 0 Å². The second kappa shape index (κ2) is 3.69. The molecule has 4 heteroatoms. The van der Waals surface area contributed by atoms with Crippen molar-refractivity contribution in [2.75, 3.05) is 13.1 Å². The van der Waals surface area contributed by atoms with Crippen LogP contribution in [0.4, 0.5) is 0 Å². The molecule has 78 valence electrons. The van der Waals surface area contributed by atoms with E-state index >= 15 is 0 Å². The highest BCUT2D eigenvalue weighted by Gasteiger charge is 2.19. The first-order valence-electron chi connectivity index (χ1n) is 5.28. The van der Waals surface area contributed by atoms with Crippen LogP contribution in [0.15, 0.2) is 0 Å². The summed E-state index contributed by atoms with van der Waals surface area (Å²) in [5.41, 5.74) is 0. The lowest BCUT2D eigenvalue weighted by Crippen LogP contribution is -2.36. The minimum Gasteiger partial charge on any atom is -0.313 e. The van der Waals surface area contributed by atoms with Gasteiger partial charge in [0.15, 0.2) is 0 Å². The minimum atomic E-state index is 0.727. The maximum atomic E-state index is 4.19. The van der Waals surface area contributed by atoms with Crippen LogP contribution in [0.1, 0.15) is 25.5 Å². The van der Waals surface area contributed by atoms with Crippen LogP contribution < -0.4 is 0 Å². The Labute approximate surface area is 84.9 Å². The molecule has 1 aromatic rings. The molecule has 2 rings (SSSR count). The molecule has 0 bridgehead atoms. The summed E-state index contributed by atoms with van der Waals surface area (Å²) in [6, 6.07) is 0.